The first-order valence-corrected chi connectivity index (χ1v) is 22.2. The quantitative estimate of drug-likeness (QED) is 0.186. The van der Waals surface area contributed by atoms with Crippen LogP contribution in [0.1, 0.15) is 79.1 Å². The highest BCUT2D eigenvalue weighted by molar-refractivity contribution is 6.00. The van der Waals surface area contributed by atoms with Gasteiger partial charge in [-0.15, -0.1) is 0 Å². The zero-order valence-corrected chi connectivity index (χ0v) is 35.5. The zero-order chi connectivity index (χ0) is 42.5. The molecular weight excluding hydrogens is 777 g/mol. The van der Waals surface area contributed by atoms with Crippen LogP contribution in [0.3, 0.4) is 0 Å². The number of nitrogens with zero attached hydrogens (tertiary/aromatic N) is 2. The molecule has 0 fully saturated rings. The third-order valence-electron chi connectivity index (χ3n) is 13.9. The normalized spacial score (nSPS) is 15.2. The van der Waals surface area contributed by atoms with Gasteiger partial charge in [0.1, 0.15) is 0 Å². The van der Waals surface area contributed by atoms with E-state index >= 15 is 0 Å². The zero-order valence-electron chi connectivity index (χ0n) is 35.5. The van der Waals surface area contributed by atoms with Crippen LogP contribution < -0.4 is 0 Å². The van der Waals surface area contributed by atoms with E-state index in [0.29, 0.717) is 0 Å². The fraction of sp³-hybridized carbons (Fsp3) is 0.0667. The molecule has 9 aromatic rings. The summed E-state index contributed by atoms with van der Waals surface area (Å²) in [5.41, 5.74) is 27.4. The summed E-state index contributed by atoms with van der Waals surface area (Å²) in [6.07, 6.45) is 8.71. The van der Waals surface area contributed by atoms with E-state index in [1.54, 1.807) is 0 Å². The van der Waals surface area contributed by atoms with E-state index in [0.717, 1.165) is 89.4 Å². The van der Waals surface area contributed by atoms with Crippen LogP contribution in [0.2, 0.25) is 0 Å². The second-order valence-corrected chi connectivity index (χ2v) is 17.5. The fourth-order valence-corrected chi connectivity index (χ4v) is 10.9. The molecule has 0 spiro atoms. The molecule has 2 atom stereocenters. The van der Waals surface area contributed by atoms with Gasteiger partial charge in [-0.25, -0.2) is 9.97 Å². The summed E-state index contributed by atoms with van der Waals surface area (Å²) in [6.45, 7) is 4.49. The van der Waals surface area contributed by atoms with Crippen molar-refractivity contribution >= 4 is 46.4 Å². The highest BCUT2D eigenvalue weighted by Gasteiger charge is 2.41. The Kier molecular flexibility index (Phi) is 8.13. The lowest BCUT2D eigenvalue weighted by Gasteiger charge is -2.42. The summed E-state index contributed by atoms with van der Waals surface area (Å²) in [6, 6.07) is 61.8. The average molecular weight is 819 g/mol. The number of aromatic nitrogens is 4. The van der Waals surface area contributed by atoms with E-state index in [4.69, 9.17) is 9.97 Å². The summed E-state index contributed by atoms with van der Waals surface area (Å²) in [5, 5.41) is 0. The second kappa shape index (κ2) is 14.2. The minimum Gasteiger partial charge on any atom is -0.354 e. The molecule has 4 nitrogen and oxygen atoms in total. The molecule has 4 heteroatoms. The maximum Gasteiger partial charge on any atom is 0.0737 e. The molecule has 2 unspecified atom stereocenters. The highest BCUT2D eigenvalue weighted by atomic mass is 14.8. The number of benzene rings is 6. The molecule has 10 bridgehead atoms. The number of fused-ring (bicyclic) bond motifs is 8. The standard InChI is InChI=1S/C60H42N4/c1-35-32-44-45(33-36(35)2)60-42-21-13-12-20-41(42)59(44)43-23-22-40(34-46(43)60)58-53-30-28-51(63-53)56(38-16-8-4-9-17-38)49-26-24-47(61-49)55(37-14-6-3-7-15-37)48-25-27-50(62-48)57(39-18-10-5-11-19-39)52-29-31-54(58)64-52/h3-34,59-61,64H,1-2H3. The third-order valence-corrected chi connectivity index (χ3v) is 13.9. The average Bonchev–Trinajstić information content (AvgIpc) is 4.19. The van der Waals surface area contributed by atoms with Gasteiger partial charge in [0.05, 0.1) is 22.8 Å². The Morgan fingerprint density at radius 1 is 0.312 bits per heavy atom. The maximum atomic E-state index is 5.60. The van der Waals surface area contributed by atoms with E-state index in [1.165, 1.54) is 44.5 Å². The van der Waals surface area contributed by atoms with Crippen LogP contribution in [0, 0.1) is 13.8 Å². The van der Waals surface area contributed by atoms with Gasteiger partial charge in [-0.3, -0.25) is 0 Å². The molecule has 64 heavy (non-hydrogen) atoms. The third kappa shape index (κ3) is 5.62. The van der Waals surface area contributed by atoms with E-state index in [2.05, 4.69) is 218 Å². The molecule has 6 aromatic carbocycles. The van der Waals surface area contributed by atoms with Gasteiger partial charge in [-0.1, -0.05) is 140 Å². The summed E-state index contributed by atoms with van der Waals surface area (Å²) < 4.78 is 0. The SMILES string of the molecule is Cc1cc2c(cc1C)C1c3ccccc3C2c2ccc(-c3c4nc(c(-c5ccccc5)c5ccc([nH]5)c(-c5ccccc5)c5nc(c(-c6ccccc6)c6ccc3[nH]6)C=C5)C=C4)cc21. The van der Waals surface area contributed by atoms with Crippen molar-refractivity contribution < 1.29 is 0 Å². The van der Waals surface area contributed by atoms with Gasteiger partial charge in [-0.2, -0.15) is 0 Å². The van der Waals surface area contributed by atoms with E-state index < -0.39 is 0 Å². The van der Waals surface area contributed by atoms with Gasteiger partial charge >= 0.3 is 0 Å². The molecule has 0 saturated heterocycles. The summed E-state index contributed by atoms with van der Waals surface area (Å²) in [5.74, 6) is 0.341. The van der Waals surface area contributed by atoms with Gasteiger partial charge in [0.15, 0.2) is 0 Å². The van der Waals surface area contributed by atoms with Crippen molar-refractivity contribution in [1.82, 2.24) is 19.9 Å². The highest BCUT2D eigenvalue weighted by Crippen LogP contribution is 2.57. The molecule has 3 aromatic heterocycles. The predicted octanol–water partition coefficient (Wildman–Crippen LogP) is 14.9. The van der Waals surface area contributed by atoms with E-state index in [9.17, 15) is 0 Å². The second-order valence-electron chi connectivity index (χ2n) is 17.5. The van der Waals surface area contributed by atoms with Gasteiger partial charge in [0.25, 0.3) is 0 Å². The van der Waals surface area contributed by atoms with Crippen molar-refractivity contribution in [1.29, 1.82) is 0 Å². The molecule has 2 aliphatic heterocycles. The Labute approximate surface area is 372 Å². The number of aromatic amines is 2. The number of rotatable bonds is 4. The number of H-pyrrole nitrogens is 2. The Morgan fingerprint density at radius 2 is 0.641 bits per heavy atom. The summed E-state index contributed by atoms with van der Waals surface area (Å²) >= 11 is 0. The van der Waals surface area contributed by atoms with Gasteiger partial charge in [-0.05, 0) is 135 Å². The first kappa shape index (κ1) is 36.6. The topological polar surface area (TPSA) is 57.4 Å². The summed E-state index contributed by atoms with van der Waals surface area (Å²) in [4.78, 5) is 18.9. The molecule has 0 radical (unpaired) electrons. The Bertz CT molecular complexity index is 3590. The molecule has 5 heterocycles. The first-order chi connectivity index (χ1) is 31.6. The van der Waals surface area contributed by atoms with Gasteiger partial charge < -0.3 is 9.97 Å². The lowest BCUT2D eigenvalue weighted by Crippen LogP contribution is -2.27. The van der Waals surface area contributed by atoms with Crippen LogP contribution >= 0.6 is 0 Å². The smallest absolute Gasteiger partial charge is 0.0737 e. The molecule has 2 N–H and O–H groups in total. The van der Waals surface area contributed by atoms with Crippen LogP contribution in [-0.2, 0) is 0 Å². The van der Waals surface area contributed by atoms with Crippen molar-refractivity contribution in [3.05, 3.63) is 237 Å². The van der Waals surface area contributed by atoms with Crippen LogP contribution in [0.15, 0.2) is 170 Å². The Balaban J connectivity index is 1.14. The molecule has 14 rings (SSSR count). The number of hydrogen-bond donors (Lipinski definition) is 2. The monoisotopic (exact) mass is 818 g/mol. The minimum absolute atomic E-state index is 0.146. The number of hydrogen-bond acceptors (Lipinski definition) is 2. The van der Waals surface area contributed by atoms with Crippen molar-refractivity contribution in [2.24, 2.45) is 0 Å². The first-order valence-electron chi connectivity index (χ1n) is 22.2. The molecule has 3 aliphatic carbocycles. The summed E-state index contributed by atoms with van der Waals surface area (Å²) in [7, 11) is 0. The molecule has 0 amide bonds. The number of nitrogens with one attached hydrogen (secondary N) is 2. The Hall–Kier alpha value is -8.08. The molecule has 5 aliphatic rings. The van der Waals surface area contributed by atoms with Crippen LogP contribution in [0.25, 0.3) is 90.9 Å². The number of aryl methyl sites for hydroxylation is 2. The van der Waals surface area contributed by atoms with Gasteiger partial charge in [0, 0.05) is 56.2 Å². The molecule has 302 valence electrons. The van der Waals surface area contributed by atoms with Crippen molar-refractivity contribution in [3.63, 3.8) is 0 Å². The maximum absolute atomic E-state index is 5.60. The van der Waals surface area contributed by atoms with Crippen molar-refractivity contribution in [2.75, 3.05) is 0 Å². The van der Waals surface area contributed by atoms with Gasteiger partial charge in [0.2, 0.25) is 0 Å². The Morgan fingerprint density at radius 3 is 1.05 bits per heavy atom. The lowest BCUT2D eigenvalue weighted by atomic mass is 9.60. The van der Waals surface area contributed by atoms with Crippen molar-refractivity contribution in [2.45, 2.75) is 25.7 Å². The van der Waals surface area contributed by atoms with Crippen molar-refractivity contribution in [3.8, 4) is 44.5 Å². The predicted molar refractivity (Wildman–Crippen MR) is 265 cm³/mol. The molecular formula is C60H42N4. The molecule has 0 saturated carbocycles. The van der Waals surface area contributed by atoms with E-state index in [-0.39, 0.29) is 11.8 Å². The van der Waals surface area contributed by atoms with Crippen LogP contribution in [0.5, 0.6) is 0 Å². The lowest BCUT2D eigenvalue weighted by molar-refractivity contribution is 0.752. The minimum atomic E-state index is 0.146. The van der Waals surface area contributed by atoms with Crippen LogP contribution in [-0.4, -0.2) is 19.9 Å². The van der Waals surface area contributed by atoms with E-state index in [1.807, 2.05) is 0 Å². The largest absolute Gasteiger partial charge is 0.354 e. The van der Waals surface area contributed by atoms with Crippen LogP contribution in [0.4, 0.5) is 0 Å². The fourth-order valence-electron chi connectivity index (χ4n) is 10.9.